The van der Waals surface area contributed by atoms with Crippen LogP contribution >= 0.6 is 7.60 Å². The summed E-state index contributed by atoms with van der Waals surface area (Å²) in [6, 6.07) is 0. The average molecular weight is 292 g/mol. The highest BCUT2D eigenvalue weighted by atomic mass is 31.2. The summed E-state index contributed by atoms with van der Waals surface area (Å²) in [6.45, 7) is 0. The van der Waals surface area contributed by atoms with E-state index in [1.165, 1.54) is 0 Å². The highest BCUT2D eigenvalue weighted by molar-refractivity contribution is 7.52. The number of halogens is 1. The molecule has 0 aromatic heterocycles. The van der Waals surface area contributed by atoms with E-state index in [9.17, 15) is 13.8 Å². The normalized spacial score (nSPS) is 37.0. The molecule has 2 saturated carbocycles. The van der Waals surface area contributed by atoms with Crippen molar-refractivity contribution in [3.8, 4) is 0 Å². The predicted octanol–water partition coefficient (Wildman–Crippen LogP) is 2.82. The third kappa shape index (κ3) is 3.87. The fraction of sp³-hybridized carbons (Fsp3) is 0.923. The molecule has 4 nitrogen and oxygen atoms in total. The Balaban J connectivity index is 1.84. The van der Waals surface area contributed by atoms with Crippen molar-refractivity contribution in [3.05, 3.63) is 0 Å². The van der Waals surface area contributed by atoms with Gasteiger partial charge in [0.2, 0.25) is 0 Å². The maximum atomic E-state index is 13.0. The van der Waals surface area contributed by atoms with Crippen LogP contribution in [0.5, 0.6) is 0 Å². The van der Waals surface area contributed by atoms with E-state index in [4.69, 9.17) is 9.79 Å². The van der Waals surface area contributed by atoms with Crippen molar-refractivity contribution in [2.24, 2.45) is 11.8 Å². The summed E-state index contributed by atoms with van der Waals surface area (Å²) in [7, 11) is -4.00. The molecule has 0 bridgehead atoms. The van der Waals surface area contributed by atoms with Gasteiger partial charge in [0, 0.05) is 11.8 Å². The van der Waals surface area contributed by atoms with Gasteiger partial charge in [0.05, 0.1) is 5.66 Å². The summed E-state index contributed by atoms with van der Waals surface area (Å²) in [5.41, 5.74) is -0.571. The molecule has 19 heavy (non-hydrogen) atoms. The van der Waals surface area contributed by atoms with E-state index in [1.807, 2.05) is 0 Å². The molecule has 0 aromatic carbocycles. The molecule has 0 spiro atoms. The third-order valence-electron chi connectivity index (χ3n) is 4.63. The van der Waals surface area contributed by atoms with Crippen LogP contribution in [0.1, 0.15) is 51.4 Å². The van der Waals surface area contributed by atoms with Crippen molar-refractivity contribution >= 4 is 13.4 Å². The predicted molar refractivity (Wildman–Crippen MR) is 69.7 cm³/mol. The Morgan fingerprint density at radius 1 is 0.895 bits per heavy atom. The summed E-state index contributed by atoms with van der Waals surface area (Å²) in [5.74, 6) is 0.114. The van der Waals surface area contributed by atoms with E-state index in [0.29, 0.717) is 51.4 Å². The molecule has 2 rings (SSSR count). The number of ketones is 1. The molecular formula is C13H22FO4P. The topological polar surface area (TPSA) is 74.6 Å². The number of rotatable bonds is 3. The number of carbonyl (C=O) groups excluding carboxylic acids is 1. The van der Waals surface area contributed by atoms with E-state index in [2.05, 4.69) is 0 Å². The van der Waals surface area contributed by atoms with E-state index < -0.39 is 19.4 Å². The van der Waals surface area contributed by atoms with Crippen molar-refractivity contribution < 1.29 is 23.5 Å². The summed E-state index contributed by atoms with van der Waals surface area (Å²) < 4.78 is 24.2. The molecule has 6 heteroatoms. The fourth-order valence-electron chi connectivity index (χ4n) is 3.37. The third-order valence-corrected chi connectivity index (χ3v) is 6.10. The standard InChI is InChI=1S/C13H22FO4P/c14-11-5-1-9(2-6-11)13(15)10-3-7-12(8-4-10)19(16,17)18/h9-12H,1-8H2,(H2,16,17,18). The van der Waals surface area contributed by atoms with Gasteiger partial charge in [-0.1, -0.05) is 0 Å². The molecule has 0 heterocycles. The molecule has 0 amide bonds. The molecule has 2 fully saturated rings. The Labute approximate surface area is 112 Å². The van der Waals surface area contributed by atoms with Crippen LogP contribution in [0.2, 0.25) is 0 Å². The van der Waals surface area contributed by atoms with Crippen LogP contribution in [0, 0.1) is 11.8 Å². The van der Waals surface area contributed by atoms with Gasteiger partial charge in [0.25, 0.3) is 0 Å². The van der Waals surface area contributed by atoms with Crippen LogP contribution in [0.15, 0.2) is 0 Å². The number of hydrogen-bond acceptors (Lipinski definition) is 2. The fourth-order valence-corrected chi connectivity index (χ4v) is 4.34. The first-order valence-electron chi connectivity index (χ1n) is 7.11. The average Bonchev–Trinajstić information content (AvgIpc) is 2.38. The Bertz CT molecular complexity index is 365. The lowest BCUT2D eigenvalue weighted by molar-refractivity contribution is -0.129. The highest BCUT2D eigenvalue weighted by Gasteiger charge is 2.37. The van der Waals surface area contributed by atoms with Crippen LogP contribution in [0.25, 0.3) is 0 Å². The molecular weight excluding hydrogens is 270 g/mol. The minimum atomic E-state index is -4.00. The molecule has 0 saturated heterocycles. The van der Waals surface area contributed by atoms with Gasteiger partial charge in [-0.2, -0.15) is 0 Å². The zero-order valence-corrected chi connectivity index (χ0v) is 11.9. The Hall–Kier alpha value is -0.250. The monoisotopic (exact) mass is 292 g/mol. The van der Waals surface area contributed by atoms with Crippen molar-refractivity contribution in [3.63, 3.8) is 0 Å². The quantitative estimate of drug-likeness (QED) is 0.784. The molecule has 0 aliphatic heterocycles. The van der Waals surface area contributed by atoms with Crippen LogP contribution in [0.3, 0.4) is 0 Å². The molecule has 0 unspecified atom stereocenters. The molecule has 2 N–H and O–H groups in total. The second kappa shape index (κ2) is 6.02. The van der Waals surface area contributed by atoms with Crippen LogP contribution < -0.4 is 0 Å². The zero-order valence-electron chi connectivity index (χ0n) is 11.0. The number of alkyl halides is 1. The summed E-state index contributed by atoms with van der Waals surface area (Å²) in [6.07, 6.45) is 3.49. The Morgan fingerprint density at radius 3 is 1.74 bits per heavy atom. The second-order valence-electron chi connectivity index (χ2n) is 5.95. The molecule has 0 radical (unpaired) electrons. The second-order valence-corrected chi connectivity index (χ2v) is 7.85. The van der Waals surface area contributed by atoms with Crippen molar-refractivity contribution in [2.75, 3.05) is 0 Å². The van der Waals surface area contributed by atoms with Crippen molar-refractivity contribution in [2.45, 2.75) is 63.2 Å². The highest BCUT2D eigenvalue weighted by Crippen LogP contribution is 2.49. The summed E-state index contributed by atoms with van der Waals surface area (Å²) in [4.78, 5) is 30.6. The summed E-state index contributed by atoms with van der Waals surface area (Å²) >= 11 is 0. The lowest BCUT2D eigenvalue weighted by Crippen LogP contribution is -2.31. The van der Waals surface area contributed by atoms with E-state index >= 15 is 0 Å². The van der Waals surface area contributed by atoms with Crippen LogP contribution in [-0.4, -0.2) is 27.4 Å². The number of Topliss-reactive ketones (excluding diaryl/α,β-unsaturated/α-hetero) is 1. The first kappa shape index (κ1) is 15.1. The minimum absolute atomic E-state index is 0.0244. The van der Waals surface area contributed by atoms with Gasteiger partial charge >= 0.3 is 7.60 Å². The molecule has 0 aromatic rings. The summed E-state index contributed by atoms with van der Waals surface area (Å²) in [5, 5.41) is 0. The molecule has 2 aliphatic carbocycles. The SMILES string of the molecule is O=C(C1CCC(F)CC1)C1CCC(P(=O)(O)O)CC1. The maximum Gasteiger partial charge on any atom is 0.328 e. The molecule has 110 valence electrons. The van der Waals surface area contributed by atoms with Gasteiger partial charge in [-0.15, -0.1) is 0 Å². The Kier molecular flexibility index (Phi) is 4.80. The molecule has 2 aliphatic rings. The maximum absolute atomic E-state index is 13.0. The van der Waals surface area contributed by atoms with E-state index in [0.717, 1.165) is 0 Å². The number of carbonyl (C=O) groups is 1. The lowest BCUT2D eigenvalue weighted by Gasteiger charge is -2.31. The van der Waals surface area contributed by atoms with Gasteiger partial charge in [-0.3, -0.25) is 9.36 Å². The van der Waals surface area contributed by atoms with Crippen molar-refractivity contribution in [1.82, 2.24) is 0 Å². The van der Waals surface area contributed by atoms with Gasteiger partial charge < -0.3 is 9.79 Å². The minimum Gasteiger partial charge on any atom is -0.324 e. The van der Waals surface area contributed by atoms with Gasteiger partial charge in [-0.25, -0.2) is 4.39 Å². The van der Waals surface area contributed by atoms with Gasteiger partial charge in [0.15, 0.2) is 0 Å². The molecule has 0 atom stereocenters. The van der Waals surface area contributed by atoms with E-state index in [-0.39, 0.29) is 17.6 Å². The van der Waals surface area contributed by atoms with Crippen molar-refractivity contribution in [1.29, 1.82) is 0 Å². The van der Waals surface area contributed by atoms with Gasteiger partial charge in [0.1, 0.15) is 12.0 Å². The first-order chi connectivity index (χ1) is 8.88. The number of hydrogen-bond donors (Lipinski definition) is 2. The zero-order chi connectivity index (χ0) is 14.0. The van der Waals surface area contributed by atoms with E-state index in [1.54, 1.807) is 0 Å². The largest absolute Gasteiger partial charge is 0.328 e. The smallest absolute Gasteiger partial charge is 0.324 e. The van der Waals surface area contributed by atoms with Crippen LogP contribution in [-0.2, 0) is 9.36 Å². The Morgan fingerprint density at radius 2 is 1.32 bits per heavy atom. The van der Waals surface area contributed by atoms with Gasteiger partial charge in [-0.05, 0) is 51.4 Å². The lowest BCUT2D eigenvalue weighted by atomic mass is 9.76. The van der Waals surface area contributed by atoms with Crippen LogP contribution in [0.4, 0.5) is 4.39 Å². The first-order valence-corrected chi connectivity index (χ1v) is 8.79.